The first-order chi connectivity index (χ1) is 16.7. The van der Waals surface area contributed by atoms with Crippen LogP contribution in [0.1, 0.15) is 21.9 Å². The van der Waals surface area contributed by atoms with E-state index < -0.39 is 23.5 Å². The second kappa shape index (κ2) is 10.5. The van der Waals surface area contributed by atoms with Gasteiger partial charge in [-0.1, -0.05) is 6.07 Å². The van der Waals surface area contributed by atoms with E-state index in [-0.39, 0.29) is 29.6 Å². The monoisotopic (exact) mass is 554 g/mol. The Kier molecular flexibility index (Phi) is 7.45. The van der Waals surface area contributed by atoms with Crippen molar-refractivity contribution in [3.8, 4) is 0 Å². The van der Waals surface area contributed by atoms with Crippen molar-refractivity contribution in [2.45, 2.75) is 12.7 Å². The molecule has 184 valence electrons. The number of anilines is 3. The molecule has 3 heterocycles. The average molecular weight is 555 g/mol. The number of hydrogen-bond acceptors (Lipinski definition) is 7. The van der Waals surface area contributed by atoms with Crippen LogP contribution in [0.25, 0.3) is 0 Å². The first kappa shape index (κ1) is 24.8. The summed E-state index contributed by atoms with van der Waals surface area (Å²) in [4.78, 5) is 26.6. The first-order valence-corrected chi connectivity index (χ1v) is 11.2. The number of benzene rings is 1. The molecule has 1 aliphatic rings. The zero-order chi connectivity index (χ0) is 25.0. The fourth-order valence-electron chi connectivity index (χ4n) is 3.33. The number of rotatable bonds is 6. The maximum atomic E-state index is 14.2. The molecule has 1 fully saturated rings. The molecule has 1 aromatic carbocycles. The summed E-state index contributed by atoms with van der Waals surface area (Å²) in [6.45, 7) is 1.87. The molecule has 35 heavy (non-hydrogen) atoms. The highest BCUT2D eigenvalue weighted by atomic mass is 79.9. The lowest BCUT2D eigenvalue weighted by Crippen LogP contribution is -2.37. The molecule has 0 aliphatic carbocycles. The van der Waals surface area contributed by atoms with Crippen LogP contribution in [0.4, 0.5) is 34.8 Å². The molecule has 1 saturated heterocycles. The molecule has 0 radical (unpaired) electrons. The minimum absolute atomic E-state index is 0.0510. The number of carbonyl (C=O) groups is 1. The fourth-order valence-corrected chi connectivity index (χ4v) is 3.86. The van der Waals surface area contributed by atoms with Gasteiger partial charge in [-0.15, -0.1) is 0 Å². The van der Waals surface area contributed by atoms with E-state index in [1.54, 1.807) is 4.90 Å². The summed E-state index contributed by atoms with van der Waals surface area (Å²) in [6, 6.07) is 6.24. The average Bonchev–Trinajstić information content (AvgIpc) is 2.83. The number of ether oxygens (including phenoxy) is 1. The van der Waals surface area contributed by atoms with Gasteiger partial charge in [-0.3, -0.25) is 4.79 Å². The Morgan fingerprint density at radius 3 is 2.60 bits per heavy atom. The van der Waals surface area contributed by atoms with Crippen molar-refractivity contribution in [1.29, 1.82) is 0 Å². The quantitative estimate of drug-likeness (QED) is 0.439. The smallest absolute Gasteiger partial charge is 0.378 e. The summed E-state index contributed by atoms with van der Waals surface area (Å²) in [6.07, 6.45) is -2.08. The van der Waals surface area contributed by atoms with Gasteiger partial charge in [0.15, 0.2) is 11.6 Å². The van der Waals surface area contributed by atoms with Crippen LogP contribution < -0.4 is 15.5 Å². The van der Waals surface area contributed by atoms with E-state index in [1.165, 1.54) is 24.4 Å². The molecule has 2 aromatic heterocycles. The Balaban J connectivity index is 1.41. The highest BCUT2D eigenvalue weighted by Crippen LogP contribution is 2.31. The van der Waals surface area contributed by atoms with E-state index in [0.717, 1.165) is 18.3 Å². The molecule has 13 heteroatoms. The Labute approximate surface area is 205 Å². The topological polar surface area (TPSA) is 92.3 Å². The van der Waals surface area contributed by atoms with Crippen molar-refractivity contribution in [2.24, 2.45) is 0 Å². The third-order valence-electron chi connectivity index (χ3n) is 5.03. The normalized spacial score (nSPS) is 14.0. The number of alkyl halides is 3. The molecular formula is C22H19BrF4N6O2. The molecule has 1 aliphatic heterocycles. The van der Waals surface area contributed by atoms with Crippen molar-refractivity contribution in [3.05, 3.63) is 70.1 Å². The van der Waals surface area contributed by atoms with Crippen molar-refractivity contribution >= 4 is 39.0 Å². The van der Waals surface area contributed by atoms with Crippen molar-refractivity contribution < 1.29 is 27.1 Å². The van der Waals surface area contributed by atoms with Crippen LogP contribution in [0.2, 0.25) is 0 Å². The first-order valence-electron chi connectivity index (χ1n) is 10.4. The SMILES string of the molecule is O=C(NCc1ncc(F)c(N2CCOCC2)n1)c1ncc(Nc2cccc(C(F)(F)F)c2)cc1Br. The number of carbonyl (C=O) groups excluding carboxylic acids is 1. The highest BCUT2D eigenvalue weighted by molar-refractivity contribution is 9.10. The van der Waals surface area contributed by atoms with Gasteiger partial charge >= 0.3 is 6.18 Å². The molecule has 1 amide bonds. The minimum Gasteiger partial charge on any atom is -0.378 e. The van der Waals surface area contributed by atoms with Crippen LogP contribution in [0.3, 0.4) is 0 Å². The second-order valence-electron chi connectivity index (χ2n) is 7.50. The maximum Gasteiger partial charge on any atom is 0.416 e. The molecule has 0 atom stereocenters. The van der Waals surface area contributed by atoms with Gasteiger partial charge in [0, 0.05) is 18.8 Å². The van der Waals surface area contributed by atoms with E-state index in [4.69, 9.17) is 4.74 Å². The van der Waals surface area contributed by atoms with Crippen LogP contribution in [0.5, 0.6) is 0 Å². The van der Waals surface area contributed by atoms with Crippen molar-refractivity contribution in [2.75, 3.05) is 36.5 Å². The number of nitrogens with one attached hydrogen (secondary N) is 2. The lowest BCUT2D eigenvalue weighted by molar-refractivity contribution is -0.137. The number of pyridine rings is 1. The number of aromatic nitrogens is 3. The van der Waals surface area contributed by atoms with Gasteiger partial charge in [0.05, 0.1) is 47.9 Å². The zero-order valence-corrected chi connectivity index (χ0v) is 19.7. The van der Waals surface area contributed by atoms with Crippen LogP contribution in [-0.2, 0) is 17.5 Å². The van der Waals surface area contributed by atoms with Gasteiger partial charge in [-0.25, -0.2) is 19.3 Å². The fraction of sp³-hybridized carbons (Fsp3) is 0.273. The molecular weight excluding hydrogens is 536 g/mol. The number of nitrogens with zero attached hydrogens (tertiary/aromatic N) is 4. The maximum absolute atomic E-state index is 14.2. The number of morpholine rings is 1. The third-order valence-corrected chi connectivity index (χ3v) is 5.63. The molecule has 0 unspecified atom stereocenters. The third kappa shape index (κ3) is 6.22. The van der Waals surface area contributed by atoms with Crippen LogP contribution in [0, 0.1) is 5.82 Å². The number of amides is 1. The van der Waals surface area contributed by atoms with Gasteiger partial charge in [0.2, 0.25) is 0 Å². The van der Waals surface area contributed by atoms with Gasteiger partial charge in [-0.05, 0) is 40.2 Å². The standard InChI is InChI=1S/C22H19BrF4N6O2/c23-16-9-15(31-14-3-1-2-13(8-14)22(25,26)27)10-29-19(16)21(34)30-12-18-28-11-17(24)20(32-18)33-4-6-35-7-5-33/h1-3,8-11,31H,4-7,12H2,(H,30,34). The predicted octanol–water partition coefficient (Wildman–Crippen LogP) is 4.30. The van der Waals surface area contributed by atoms with Gasteiger partial charge in [-0.2, -0.15) is 13.2 Å². The number of halogens is 5. The van der Waals surface area contributed by atoms with Crippen LogP contribution in [0.15, 0.2) is 47.2 Å². The Bertz CT molecular complexity index is 1220. The minimum atomic E-state index is -4.46. The highest BCUT2D eigenvalue weighted by Gasteiger charge is 2.30. The molecule has 4 rings (SSSR count). The second-order valence-corrected chi connectivity index (χ2v) is 8.35. The van der Waals surface area contributed by atoms with Crippen molar-refractivity contribution in [3.63, 3.8) is 0 Å². The molecule has 0 spiro atoms. The summed E-state index contributed by atoms with van der Waals surface area (Å²) >= 11 is 3.26. The van der Waals surface area contributed by atoms with Crippen LogP contribution in [-0.4, -0.2) is 47.2 Å². The zero-order valence-electron chi connectivity index (χ0n) is 18.1. The predicted molar refractivity (Wildman–Crippen MR) is 123 cm³/mol. The van der Waals surface area contributed by atoms with Crippen LogP contribution >= 0.6 is 15.9 Å². The largest absolute Gasteiger partial charge is 0.416 e. The summed E-state index contributed by atoms with van der Waals surface area (Å²) < 4.78 is 58.5. The molecule has 0 bridgehead atoms. The van der Waals surface area contributed by atoms with Gasteiger partial charge in [0.25, 0.3) is 5.91 Å². The van der Waals surface area contributed by atoms with E-state index >= 15 is 0 Å². The van der Waals surface area contributed by atoms with E-state index in [9.17, 15) is 22.4 Å². The molecule has 0 saturated carbocycles. The van der Waals surface area contributed by atoms with E-state index in [2.05, 4.69) is 41.5 Å². The molecule has 8 nitrogen and oxygen atoms in total. The summed E-state index contributed by atoms with van der Waals surface area (Å²) in [7, 11) is 0. The Morgan fingerprint density at radius 1 is 1.11 bits per heavy atom. The Hall–Kier alpha value is -3.32. The lowest BCUT2D eigenvalue weighted by Gasteiger charge is -2.28. The van der Waals surface area contributed by atoms with E-state index in [1.807, 2.05) is 0 Å². The van der Waals surface area contributed by atoms with Crippen molar-refractivity contribution in [1.82, 2.24) is 20.3 Å². The van der Waals surface area contributed by atoms with Gasteiger partial charge < -0.3 is 20.3 Å². The summed E-state index contributed by atoms with van der Waals surface area (Å²) in [5.74, 6) is -0.726. The molecule has 2 N–H and O–H groups in total. The summed E-state index contributed by atoms with van der Waals surface area (Å²) in [5, 5.41) is 5.46. The lowest BCUT2D eigenvalue weighted by atomic mass is 10.2. The Morgan fingerprint density at radius 2 is 1.89 bits per heavy atom. The number of hydrogen-bond donors (Lipinski definition) is 2. The molecule has 3 aromatic rings. The van der Waals surface area contributed by atoms with E-state index in [0.29, 0.717) is 36.5 Å². The summed E-state index contributed by atoms with van der Waals surface area (Å²) in [5.41, 5.74) is -0.138. The van der Waals surface area contributed by atoms with Gasteiger partial charge in [0.1, 0.15) is 11.5 Å².